The van der Waals surface area contributed by atoms with Gasteiger partial charge in [0.05, 0.1) is 5.56 Å². The van der Waals surface area contributed by atoms with E-state index in [1.54, 1.807) is 35.7 Å². The van der Waals surface area contributed by atoms with Crippen LogP contribution in [-0.2, 0) is 4.79 Å². The third-order valence-corrected chi connectivity index (χ3v) is 3.05. The van der Waals surface area contributed by atoms with Gasteiger partial charge in [0.15, 0.2) is 0 Å². The van der Waals surface area contributed by atoms with Crippen molar-refractivity contribution in [2.45, 2.75) is 0 Å². The molecule has 0 spiro atoms. The highest BCUT2D eigenvalue weighted by molar-refractivity contribution is 7.08. The molecule has 0 atom stereocenters. The monoisotopic (exact) mass is 276 g/mol. The van der Waals surface area contributed by atoms with Gasteiger partial charge in [0, 0.05) is 16.8 Å². The Bertz CT molecular complexity index is 564. The Morgan fingerprint density at radius 3 is 2.37 bits per heavy atom. The molecule has 0 aliphatic carbocycles. The summed E-state index contributed by atoms with van der Waals surface area (Å²) in [6.07, 6.45) is 0. The maximum absolute atomic E-state index is 11.8. The molecule has 0 saturated carbocycles. The maximum Gasteiger partial charge on any atom is 0.322 e. The number of rotatable bonds is 5. The number of anilines is 2. The summed E-state index contributed by atoms with van der Waals surface area (Å²) in [6, 6.07) is 8.62. The zero-order valence-electron chi connectivity index (χ0n) is 9.92. The molecule has 1 heterocycles. The van der Waals surface area contributed by atoms with Crippen LogP contribution in [0.15, 0.2) is 41.1 Å². The van der Waals surface area contributed by atoms with Gasteiger partial charge in [-0.1, -0.05) is 0 Å². The predicted molar refractivity (Wildman–Crippen MR) is 74.8 cm³/mol. The highest BCUT2D eigenvalue weighted by atomic mass is 32.1. The third-order valence-electron chi connectivity index (χ3n) is 2.37. The van der Waals surface area contributed by atoms with Crippen LogP contribution in [0, 0.1) is 0 Å². The van der Waals surface area contributed by atoms with Crippen molar-refractivity contribution in [3.63, 3.8) is 0 Å². The predicted octanol–water partition coefficient (Wildman–Crippen LogP) is 2.50. The maximum atomic E-state index is 11.8. The molecule has 2 rings (SSSR count). The summed E-state index contributed by atoms with van der Waals surface area (Å²) in [5, 5.41) is 17.7. The van der Waals surface area contributed by atoms with Gasteiger partial charge >= 0.3 is 5.97 Å². The van der Waals surface area contributed by atoms with Gasteiger partial charge in [0.2, 0.25) is 0 Å². The summed E-state index contributed by atoms with van der Waals surface area (Å²) >= 11 is 1.46. The van der Waals surface area contributed by atoms with Crippen LogP contribution in [0.1, 0.15) is 10.4 Å². The molecule has 1 aromatic carbocycles. The Morgan fingerprint density at radius 2 is 1.79 bits per heavy atom. The number of carbonyl (C=O) groups excluding carboxylic acids is 1. The molecule has 0 bridgehead atoms. The molecule has 5 nitrogen and oxygen atoms in total. The molecule has 3 N–H and O–H groups in total. The van der Waals surface area contributed by atoms with Crippen LogP contribution in [0.4, 0.5) is 11.4 Å². The normalized spacial score (nSPS) is 9.89. The number of hydrogen-bond donors (Lipinski definition) is 3. The molecule has 0 aliphatic rings. The van der Waals surface area contributed by atoms with Crippen molar-refractivity contribution in [2.24, 2.45) is 0 Å². The molecule has 1 amide bonds. The summed E-state index contributed by atoms with van der Waals surface area (Å²) < 4.78 is 0. The van der Waals surface area contributed by atoms with E-state index in [4.69, 9.17) is 5.11 Å². The number of thiophene rings is 1. The number of carboxylic acid groups (broad SMARTS) is 1. The van der Waals surface area contributed by atoms with E-state index in [0.29, 0.717) is 16.9 Å². The van der Waals surface area contributed by atoms with Gasteiger partial charge in [-0.15, -0.1) is 0 Å². The average Bonchev–Trinajstić information content (AvgIpc) is 2.92. The van der Waals surface area contributed by atoms with E-state index in [-0.39, 0.29) is 12.5 Å². The quantitative estimate of drug-likeness (QED) is 0.784. The first kappa shape index (κ1) is 13.1. The van der Waals surface area contributed by atoms with Crippen LogP contribution in [-0.4, -0.2) is 23.5 Å². The first-order chi connectivity index (χ1) is 9.15. The zero-order valence-corrected chi connectivity index (χ0v) is 10.7. The minimum absolute atomic E-state index is 0.138. The fourth-order valence-corrected chi connectivity index (χ4v) is 2.08. The molecule has 0 fully saturated rings. The number of amides is 1. The summed E-state index contributed by atoms with van der Waals surface area (Å²) in [7, 11) is 0. The van der Waals surface area contributed by atoms with Gasteiger partial charge in [-0.3, -0.25) is 9.59 Å². The van der Waals surface area contributed by atoms with Crippen LogP contribution in [0.25, 0.3) is 0 Å². The van der Waals surface area contributed by atoms with Crippen LogP contribution in [0.3, 0.4) is 0 Å². The summed E-state index contributed by atoms with van der Waals surface area (Å²) in [5.74, 6) is -1.08. The molecule has 98 valence electrons. The lowest BCUT2D eigenvalue weighted by atomic mass is 10.2. The van der Waals surface area contributed by atoms with E-state index < -0.39 is 5.97 Å². The first-order valence-electron chi connectivity index (χ1n) is 5.54. The second-order valence-corrected chi connectivity index (χ2v) is 4.57. The molecule has 2 aromatic rings. The minimum Gasteiger partial charge on any atom is -0.480 e. The van der Waals surface area contributed by atoms with Gasteiger partial charge in [-0.05, 0) is 35.7 Å². The Labute approximate surface area is 113 Å². The van der Waals surface area contributed by atoms with Crippen LogP contribution < -0.4 is 10.6 Å². The number of carboxylic acids is 1. The molecule has 0 radical (unpaired) electrons. The first-order valence-corrected chi connectivity index (χ1v) is 6.49. The standard InChI is InChI=1S/C13H12N2O3S/c16-12(17)7-14-10-1-3-11(4-2-10)15-13(18)9-5-6-19-8-9/h1-6,8,14H,7H2,(H,15,18)(H,16,17). The lowest BCUT2D eigenvalue weighted by molar-refractivity contribution is -0.134. The summed E-state index contributed by atoms with van der Waals surface area (Å²) in [5.41, 5.74) is 1.98. The summed E-state index contributed by atoms with van der Waals surface area (Å²) in [4.78, 5) is 22.2. The third kappa shape index (κ3) is 3.82. The topological polar surface area (TPSA) is 78.4 Å². The van der Waals surface area contributed by atoms with Crippen LogP contribution in [0.5, 0.6) is 0 Å². The second-order valence-electron chi connectivity index (χ2n) is 3.79. The lowest BCUT2D eigenvalue weighted by Gasteiger charge is -2.06. The van der Waals surface area contributed by atoms with E-state index in [0.717, 1.165) is 0 Å². The van der Waals surface area contributed by atoms with Crippen molar-refractivity contribution < 1.29 is 14.7 Å². The number of nitrogens with one attached hydrogen (secondary N) is 2. The number of benzene rings is 1. The largest absolute Gasteiger partial charge is 0.480 e. The zero-order chi connectivity index (χ0) is 13.7. The van der Waals surface area contributed by atoms with Gasteiger partial charge in [-0.25, -0.2) is 0 Å². The van der Waals surface area contributed by atoms with E-state index in [9.17, 15) is 9.59 Å². The Balaban J connectivity index is 1.95. The lowest BCUT2D eigenvalue weighted by Crippen LogP contribution is -2.13. The van der Waals surface area contributed by atoms with Crippen molar-refractivity contribution in [3.05, 3.63) is 46.7 Å². The molecule has 0 aliphatic heterocycles. The van der Waals surface area contributed by atoms with E-state index in [2.05, 4.69) is 10.6 Å². The van der Waals surface area contributed by atoms with Crippen molar-refractivity contribution in [1.82, 2.24) is 0 Å². The van der Waals surface area contributed by atoms with Crippen molar-refractivity contribution >= 4 is 34.6 Å². The molecule has 1 aromatic heterocycles. The van der Waals surface area contributed by atoms with Crippen molar-refractivity contribution in [3.8, 4) is 0 Å². The van der Waals surface area contributed by atoms with Gasteiger partial charge < -0.3 is 15.7 Å². The van der Waals surface area contributed by atoms with Crippen LogP contribution in [0.2, 0.25) is 0 Å². The van der Waals surface area contributed by atoms with E-state index in [1.807, 2.05) is 5.38 Å². The Morgan fingerprint density at radius 1 is 1.11 bits per heavy atom. The second kappa shape index (κ2) is 6.01. The van der Waals surface area contributed by atoms with E-state index >= 15 is 0 Å². The van der Waals surface area contributed by atoms with Gasteiger partial charge in [0.25, 0.3) is 5.91 Å². The fraction of sp³-hybridized carbons (Fsp3) is 0.0769. The number of carbonyl (C=O) groups is 2. The number of hydrogen-bond acceptors (Lipinski definition) is 4. The SMILES string of the molecule is O=C(O)CNc1ccc(NC(=O)c2ccsc2)cc1. The number of aliphatic carboxylic acids is 1. The molecule has 19 heavy (non-hydrogen) atoms. The van der Waals surface area contributed by atoms with Crippen molar-refractivity contribution in [1.29, 1.82) is 0 Å². The molecule has 6 heteroatoms. The fourth-order valence-electron chi connectivity index (χ4n) is 1.45. The molecule has 0 unspecified atom stereocenters. The summed E-state index contributed by atoms with van der Waals surface area (Å²) in [6.45, 7) is -0.138. The minimum atomic E-state index is -0.921. The highest BCUT2D eigenvalue weighted by Crippen LogP contribution is 2.15. The van der Waals surface area contributed by atoms with Gasteiger partial charge in [-0.2, -0.15) is 11.3 Å². The molecule has 0 saturated heterocycles. The average molecular weight is 276 g/mol. The van der Waals surface area contributed by atoms with Gasteiger partial charge in [0.1, 0.15) is 6.54 Å². The van der Waals surface area contributed by atoms with E-state index in [1.165, 1.54) is 11.3 Å². The molecular formula is C13H12N2O3S. The molecular weight excluding hydrogens is 264 g/mol. The van der Waals surface area contributed by atoms with Crippen molar-refractivity contribution in [2.75, 3.05) is 17.2 Å². The smallest absolute Gasteiger partial charge is 0.322 e. The highest BCUT2D eigenvalue weighted by Gasteiger charge is 2.06. The Kier molecular flexibility index (Phi) is 4.15. The van der Waals surface area contributed by atoms with Crippen LogP contribution >= 0.6 is 11.3 Å². The Hall–Kier alpha value is -2.34.